The molecule has 0 aliphatic rings. The average molecular weight is 390 g/mol. The van der Waals surface area contributed by atoms with Crippen molar-refractivity contribution in [1.29, 1.82) is 0 Å². The molecule has 1 aromatic carbocycles. The lowest BCUT2D eigenvalue weighted by atomic mass is 10.1. The van der Waals surface area contributed by atoms with Gasteiger partial charge in [-0.15, -0.1) is 11.3 Å². The Kier molecular flexibility index (Phi) is 5.21. The van der Waals surface area contributed by atoms with Crippen molar-refractivity contribution in [2.24, 2.45) is 0 Å². The lowest BCUT2D eigenvalue weighted by Crippen LogP contribution is -2.26. The standard InChI is InChI=1S/C14H16BrNO3S2/c1-10-4-3-5-11(6-10)8-16(2)21(18,19)13-7-12(9-17)20-14(13)15/h3-7,17H,8-9H2,1-2H3. The molecule has 1 aromatic heterocycles. The zero-order chi connectivity index (χ0) is 15.6. The molecule has 7 heteroatoms. The van der Waals surface area contributed by atoms with Gasteiger partial charge in [-0.05, 0) is 34.5 Å². The summed E-state index contributed by atoms with van der Waals surface area (Å²) in [6.07, 6.45) is 0. The number of sulfonamides is 1. The fourth-order valence-corrected chi connectivity index (χ4v) is 5.62. The number of hydrogen-bond donors (Lipinski definition) is 1. The first kappa shape index (κ1) is 16.6. The van der Waals surface area contributed by atoms with E-state index in [0.29, 0.717) is 15.2 Å². The minimum atomic E-state index is -3.58. The second-order valence-electron chi connectivity index (χ2n) is 4.76. The summed E-state index contributed by atoms with van der Waals surface area (Å²) in [6.45, 7) is 2.11. The highest BCUT2D eigenvalue weighted by atomic mass is 79.9. The van der Waals surface area contributed by atoms with Crippen molar-refractivity contribution >= 4 is 37.3 Å². The van der Waals surface area contributed by atoms with Crippen LogP contribution in [0.2, 0.25) is 0 Å². The summed E-state index contributed by atoms with van der Waals surface area (Å²) in [5.74, 6) is 0. The third kappa shape index (κ3) is 3.73. The normalized spacial score (nSPS) is 12.0. The molecule has 114 valence electrons. The molecule has 0 aliphatic heterocycles. The van der Waals surface area contributed by atoms with Gasteiger partial charge < -0.3 is 5.11 Å². The Bertz CT molecular complexity index is 740. The highest BCUT2D eigenvalue weighted by Crippen LogP contribution is 2.33. The van der Waals surface area contributed by atoms with Crippen LogP contribution in [0, 0.1) is 6.92 Å². The van der Waals surface area contributed by atoms with Gasteiger partial charge in [0.25, 0.3) is 0 Å². The third-order valence-electron chi connectivity index (χ3n) is 3.04. The molecule has 0 spiro atoms. The monoisotopic (exact) mass is 389 g/mol. The van der Waals surface area contributed by atoms with Crippen molar-refractivity contribution in [2.75, 3.05) is 7.05 Å². The quantitative estimate of drug-likeness (QED) is 0.854. The lowest BCUT2D eigenvalue weighted by molar-refractivity contribution is 0.285. The molecule has 1 N–H and O–H groups in total. The maximum atomic E-state index is 12.6. The van der Waals surface area contributed by atoms with Crippen molar-refractivity contribution < 1.29 is 13.5 Å². The van der Waals surface area contributed by atoms with E-state index in [1.54, 1.807) is 7.05 Å². The first-order valence-electron chi connectivity index (χ1n) is 6.25. The van der Waals surface area contributed by atoms with E-state index in [2.05, 4.69) is 15.9 Å². The minimum Gasteiger partial charge on any atom is -0.391 e. The molecule has 0 radical (unpaired) electrons. The van der Waals surface area contributed by atoms with E-state index in [0.717, 1.165) is 11.1 Å². The number of rotatable bonds is 5. The van der Waals surface area contributed by atoms with Crippen LogP contribution >= 0.6 is 27.3 Å². The highest BCUT2D eigenvalue weighted by molar-refractivity contribution is 9.11. The summed E-state index contributed by atoms with van der Waals surface area (Å²) < 4.78 is 27.0. The molecule has 4 nitrogen and oxygen atoms in total. The first-order valence-corrected chi connectivity index (χ1v) is 9.30. The van der Waals surface area contributed by atoms with Crippen molar-refractivity contribution in [2.45, 2.75) is 25.0 Å². The molecule has 0 fully saturated rings. The molecular formula is C14H16BrNO3S2. The van der Waals surface area contributed by atoms with E-state index < -0.39 is 10.0 Å². The van der Waals surface area contributed by atoms with Crippen LogP contribution in [0.15, 0.2) is 39.0 Å². The topological polar surface area (TPSA) is 57.6 Å². The van der Waals surface area contributed by atoms with Gasteiger partial charge >= 0.3 is 0 Å². The Morgan fingerprint density at radius 1 is 1.33 bits per heavy atom. The van der Waals surface area contributed by atoms with Crippen LogP contribution in [0.25, 0.3) is 0 Å². The van der Waals surface area contributed by atoms with E-state index in [-0.39, 0.29) is 11.5 Å². The zero-order valence-electron chi connectivity index (χ0n) is 11.7. The summed E-state index contributed by atoms with van der Waals surface area (Å²) in [5, 5.41) is 9.13. The molecule has 0 atom stereocenters. The molecule has 0 saturated carbocycles. The molecule has 0 aliphatic carbocycles. The van der Waals surface area contributed by atoms with E-state index in [9.17, 15) is 8.42 Å². The number of aliphatic hydroxyl groups excluding tert-OH is 1. The Hall–Kier alpha value is -0.730. The number of thiophene rings is 1. The maximum Gasteiger partial charge on any atom is 0.245 e. The summed E-state index contributed by atoms with van der Waals surface area (Å²) in [5.41, 5.74) is 2.03. The maximum absolute atomic E-state index is 12.6. The van der Waals surface area contributed by atoms with Gasteiger partial charge in [0.15, 0.2) is 0 Å². The second kappa shape index (κ2) is 6.58. The van der Waals surface area contributed by atoms with Crippen LogP contribution in [0.3, 0.4) is 0 Å². The third-order valence-corrected chi connectivity index (χ3v) is 7.08. The predicted molar refractivity (Wildman–Crippen MR) is 87.8 cm³/mol. The van der Waals surface area contributed by atoms with E-state index in [1.807, 2.05) is 31.2 Å². The van der Waals surface area contributed by atoms with E-state index in [1.165, 1.54) is 21.7 Å². The van der Waals surface area contributed by atoms with Gasteiger partial charge in [-0.3, -0.25) is 0 Å². The van der Waals surface area contributed by atoms with Gasteiger partial charge in [-0.25, -0.2) is 8.42 Å². The Morgan fingerprint density at radius 3 is 2.62 bits per heavy atom. The summed E-state index contributed by atoms with van der Waals surface area (Å²) >= 11 is 4.49. The molecule has 0 amide bonds. The molecular weight excluding hydrogens is 374 g/mol. The number of hydrogen-bond acceptors (Lipinski definition) is 4. The predicted octanol–water partition coefficient (Wildman–Crippen LogP) is 3.13. The SMILES string of the molecule is Cc1cccc(CN(C)S(=O)(=O)c2cc(CO)sc2Br)c1. The lowest BCUT2D eigenvalue weighted by Gasteiger charge is -2.17. The first-order chi connectivity index (χ1) is 9.84. The zero-order valence-corrected chi connectivity index (χ0v) is 14.9. The van der Waals surface area contributed by atoms with Crippen LogP contribution in [0.1, 0.15) is 16.0 Å². The largest absolute Gasteiger partial charge is 0.391 e. The van der Waals surface area contributed by atoms with Gasteiger partial charge in [-0.2, -0.15) is 4.31 Å². The van der Waals surface area contributed by atoms with Crippen molar-refractivity contribution in [3.8, 4) is 0 Å². The van der Waals surface area contributed by atoms with Crippen molar-refractivity contribution in [3.05, 3.63) is 50.1 Å². The van der Waals surface area contributed by atoms with Gasteiger partial charge in [0.1, 0.15) is 4.90 Å². The molecule has 0 bridgehead atoms. The smallest absolute Gasteiger partial charge is 0.245 e. The number of benzene rings is 1. The average Bonchev–Trinajstić information content (AvgIpc) is 2.80. The minimum absolute atomic E-state index is 0.166. The van der Waals surface area contributed by atoms with Gasteiger partial charge in [-0.1, -0.05) is 29.8 Å². The number of nitrogens with zero attached hydrogens (tertiary/aromatic N) is 1. The highest BCUT2D eigenvalue weighted by Gasteiger charge is 2.25. The molecule has 2 aromatic rings. The van der Waals surface area contributed by atoms with Crippen molar-refractivity contribution in [3.63, 3.8) is 0 Å². The Labute approximate surface area is 137 Å². The second-order valence-corrected chi connectivity index (χ2v) is 9.23. The molecule has 0 unspecified atom stereocenters. The molecule has 0 saturated heterocycles. The number of halogens is 1. The van der Waals surface area contributed by atoms with Crippen molar-refractivity contribution in [1.82, 2.24) is 4.31 Å². The van der Waals surface area contributed by atoms with Crippen LogP contribution in [0.5, 0.6) is 0 Å². The number of aliphatic hydroxyl groups is 1. The molecule has 2 rings (SSSR count). The fourth-order valence-electron chi connectivity index (χ4n) is 1.97. The van der Waals surface area contributed by atoms with Crippen LogP contribution in [0.4, 0.5) is 0 Å². The summed E-state index contributed by atoms with van der Waals surface area (Å²) in [6, 6.07) is 9.27. The summed E-state index contributed by atoms with van der Waals surface area (Å²) in [4.78, 5) is 0.816. The molecule has 1 heterocycles. The molecule has 21 heavy (non-hydrogen) atoms. The van der Waals surface area contributed by atoms with Crippen LogP contribution in [-0.2, 0) is 23.2 Å². The van der Waals surface area contributed by atoms with E-state index in [4.69, 9.17) is 5.11 Å². The summed E-state index contributed by atoms with van der Waals surface area (Å²) in [7, 11) is -2.03. The fraction of sp³-hybridized carbons (Fsp3) is 0.286. The Morgan fingerprint density at radius 2 is 2.05 bits per heavy atom. The van der Waals surface area contributed by atoms with Crippen LogP contribution in [-0.4, -0.2) is 24.9 Å². The van der Waals surface area contributed by atoms with Gasteiger partial charge in [0.2, 0.25) is 10.0 Å². The van der Waals surface area contributed by atoms with Gasteiger partial charge in [0.05, 0.1) is 10.4 Å². The van der Waals surface area contributed by atoms with E-state index >= 15 is 0 Å². The van der Waals surface area contributed by atoms with Crippen LogP contribution < -0.4 is 0 Å². The number of aryl methyl sites for hydroxylation is 1. The van der Waals surface area contributed by atoms with Gasteiger partial charge in [0, 0.05) is 18.5 Å². The Balaban J connectivity index is 2.28.